The Balaban J connectivity index is 1.72. The molecule has 2 saturated heterocycles. The van der Waals surface area contributed by atoms with Crippen molar-refractivity contribution in [3.05, 3.63) is 20.3 Å². The minimum absolute atomic E-state index is 0.0542. The first-order valence-electron chi connectivity index (χ1n) is 7.25. The van der Waals surface area contributed by atoms with E-state index in [0.29, 0.717) is 5.92 Å². The van der Waals surface area contributed by atoms with Gasteiger partial charge >= 0.3 is 0 Å². The number of thioether (sulfide) groups is 1. The number of halogens is 1. The van der Waals surface area contributed by atoms with Gasteiger partial charge in [-0.1, -0.05) is 0 Å². The highest BCUT2D eigenvalue weighted by molar-refractivity contribution is 9.10. The van der Waals surface area contributed by atoms with Crippen LogP contribution in [0, 0.1) is 12.8 Å². The zero-order valence-electron chi connectivity index (χ0n) is 11.7. The van der Waals surface area contributed by atoms with Crippen molar-refractivity contribution in [2.24, 2.45) is 5.92 Å². The Morgan fingerprint density at radius 2 is 2.20 bits per heavy atom. The number of aliphatic hydroxyl groups is 1. The zero-order valence-corrected chi connectivity index (χ0v) is 15.0. The van der Waals surface area contributed by atoms with Crippen LogP contribution >= 0.6 is 39.0 Å². The molecule has 0 saturated carbocycles. The molecule has 20 heavy (non-hydrogen) atoms. The smallest absolute Gasteiger partial charge is 0.0912 e. The Bertz CT molecular complexity index is 443. The van der Waals surface area contributed by atoms with Crippen molar-refractivity contribution in [1.82, 2.24) is 0 Å². The van der Waals surface area contributed by atoms with E-state index in [1.165, 1.54) is 16.4 Å². The number of aliphatic hydroxyl groups excluding tert-OH is 1. The molecule has 1 spiro atoms. The number of aryl methyl sites for hydroxylation is 1. The lowest BCUT2D eigenvalue weighted by Gasteiger charge is -2.44. The maximum Gasteiger partial charge on any atom is 0.0912 e. The zero-order chi connectivity index (χ0) is 14.2. The lowest BCUT2D eigenvalue weighted by Crippen LogP contribution is -2.44. The topological polar surface area (TPSA) is 29.5 Å². The Hall–Kier alpha value is 0.450. The fourth-order valence-corrected chi connectivity index (χ4v) is 6.16. The van der Waals surface area contributed by atoms with E-state index < -0.39 is 0 Å². The van der Waals surface area contributed by atoms with Crippen molar-refractivity contribution in [2.45, 2.75) is 44.3 Å². The van der Waals surface area contributed by atoms with Crippen molar-refractivity contribution in [1.29, 1.82) is 0 Å². The molecule has 2 aliphatic heterocycles. The summed E-state index contributed by atoms with van der Waals surface area (Å²) in [6.07, 6.45) is 3.95. The normalized spacial score (nSPS) is 27.6. The second kappa shape index (κ2) is 6.29. The highest BCUT2D eigenvalue weighted by atomic mass is 79.9. The van der Waals surface area contributed by atoms with Crippen LogP contribution in [-0.2, 0) is 4.74 Å². The molecule has 112 valence electrons. The molecule has 0 aliphatic carbocycles. The third-order valence-electron chi connectivity index (χ3n) is 4.55. The first-order chi connectivity index (χ1) is 9.60. The highest BCUT2D eigenvalue weighted by Gasteiger charge is 2.41. The highest BCUT2D eigenvalue weighted by Crippen LogP contribution is 2.45. The summed E-state index contributed by atoms with van der Waals surface area (Å²) in [6.45, 7) is 2.90. The van der Waals surface area contributed by atoms with E-state index in [-0.39, 0.29) is 11.7 Å². The van der Waals surface area contributed by atoms with Gasteiger partial charge in [-0.25, -0.2) is 0 Å². The van der Waals surface area contributed by atoms with Crippen LogP contribution in [0.3, 0.4) is 0 Å². The molecule has 2 atom stereocenters. The lowest BCUT2D eigenvalue weighted by molar-refractivity contribution is -0.120. The summed E-state index contributed by atoms with van der Waals surface area (Å²) in [4.78, 5) is 2.34. The van der Waals surface area contributed by atoms with E-state index in [1.807, 2.05) is 11.8 Å². The quantitative estimate of drug-likeness (QED) is 0.820. The van der Waals surface area contributed by atoms with E-state index in [0.717, 1.165) is 41.6 Å². The standard InChI is InChI=1S/C15H21BrO2S2/c1-10-12(16)8-13(20-10)14(17)11-2-5-18-15(9-11)3-6-19-7-4-15/h8,11,14,17H,2-7,9H2,1H3. The minimum Gasteiger partial charge on any atom is -0.387 e. The molecule has 1 N–H and O–H groups in total. The Morgan fingerprint density at radius 1 is 1.45 bits per heavy atom. The lowest BCUT2D eigenvalue weighted by atomic mass is 9.79. The fraction of sp³-hybridized carbons (Fsp3) is 0.733. The van der Waals surface area contributed by atoms with Crippen LogP contribution in [0.1, 0.15) is 41.5 Å². The molecule has 2 aliphatic rings. The first-order valence-corrected chi connectivity index (χ1v) is 10.0. The number of ether oxygens (including phenoxy) is 1. The second-order valence-electron chi connectivity index (χ2n) is 5.89. The fourth-order valence-electron chi connectivity index (χ4n) is 3.29. The average molecular weight is 377 g/mol. The van der Waals surface area contributed by atoms with E-state index >= 15 is 0 Å². The minimum atomic E-state index is -0.333. The molecular weight excluding hydrogens is 356 g/mol. The van der Waals surface area contributed by atoms with Crippen molar-refractivity contribution in [3.8, 4) is 0 Å². The molecule has 0 amide bonds. The molecule has 2 nitrogen and oxygen atoms in total. The summed E-state index contributed by atoms with van der Waals surface area (Å²) < 4.78 is 7.24. The second-order valence-corrected chi connectivity index (χ2v) is 9.26. The van der Waals surface area contributed by atoms with Crippen LogP contribution in [0.25, 0.3) is 0 Å². The van der Waals surface area contributed by atoms with E-state index in [1.54, 1.807) is 11.3 Å². The number of thiophene rings is 1. The van der Waals surface area contributed by atoms with E-state index in [4.69, 9.17) is 4.74 Å². The van der Waals surface area contributed by atoms with Gasteiger partial charge in [0.1, 0.15) is 0 Å². The van der Waals surface area contributed by atoms with Crippen LogP contribution in [-0.4, -0.2) is 28.8 Å². The van der Waals surface area contributed by atoms with Crippen LogP contribution in [0.5, 0.6) is 0 Å². The van der Waals surface area contributed by atoms with Crippen LogP contribution in [0.2, 0.25) is 0 Å². The van der Waals surface area contributed by atoms with E-state index in [9.17, 15) is 5.11 Å². The largest absolute Gasteiger partial charge is 0.387 e. The maximum atomic E-state index is 10.7. The molecule has 0 radical (unpaired) electrons. The predicted molar refractivity (Wildman–Crippen MR) is 89.7 cm³/mol. The van der Waals surface area contributed by atoms with Crippen LogP contribution < -0.4 is 0 Å². The third-order valence-corrected chi connectivity index (χ3v) is 7.74. The number of rotatable bonds is 2. The summed E-state index contributed by atoms with van der Waals surface area (Å²) in [6, 6.07) is 2.09. The average Bonchev–Trinajstić information content (AvgIpc) is 2.79. The summed E-state index contributed by atoms with van der Waals surface area (Å²) in [5.74, 6) is 2.75. The van der Waals surface area contributed by atoms with Gasteiger partial charge < -0.3 is 9.84 Å². The molecule has 2 fully saturated rings. The molecule has 0 aromatic carbocycles. The van der Waals surface area contributed by atoms with Crippen molar-refractivity contribution in [2.75, 3.05) is 18.1 Å². The summed E-state index contributed by atoms with van der Waals surface area (Å²) >= 11 is 7.29. The van der Waals surface area contributed by atoms with Gasteiger partial charge in [0.05, 0.1) is 11.7 Å². The molecule has 1 aromatic heterocycles. The first kappa shape index (κ1) is 15.3. The van der Waals surface area contributed by atoms with Crippen LogP contribution in [0.4, 0.5) is 0 Å². The summed E-state index contributed by atoms with van der Waals surface area (Å²) in [7, 11) is 0. The van der Waals surface area contributed by atoms with Crippen molar-refractivity contribution < 1.29 is 9.84 Å². The third kappa shape index (κ3) is 3.12. The summed E-state index contributed by atoms with van der Waals surface area (Å²) in [5, 5.41) is 10.7. The molecule has 1 aromatic rings. The van der Waals surface area contributed by atoms with Gasteiger partial charge in [-0.3, -0.25) is 0 Å². The van der Waals surface area contributed by atoms with Crippen molar-refractivity contribution >= 4 is 39.0 Å². The van der Waals surface area contributed by atoms with Gasteiger partial charge in [0, 0.05) is 20.8 Å². The molecule has 3 heterocycles. The van der Waals surface area contributed by atoms with Crippen LogP contribution in [0.15, 0.2) is 10.5 Å². The number of hydrogen-bond acceptors (Lipinski definition) is 4. The Kier molecular flexibility index (Phi) is 4.83. The van der Waals surface area contributed by atoms with Gasteiger partial charge in [-0.15, -0.1) is 11.3 Å². The Morgan fingerprint density at radius 3 is 2.85 bits per heavy atom. The Labute approximate surface area is 137 Å². The SMILES string of the molecule is Cc1sc(C(O)C2CCOC3(CCSCC3)C2)cc1Br. The number of hydrogen-bond donors (Lipinski definition) is 1. The van der Waals surface area contributed by atoms with Gasteiger partial charge in [-0.2, -0.15) is 11.8 Å². The maximum absolute atomic E-state index is 10.7. The molecule has 2 unspecified atom stereocenters. The van der Waals surface area contributed by atoms with Gasteiger partial charge in [-0.05, 0) is 72.0 Å². The molecular formula is C15H21BrO2S2. The van der Waals surface area contributed by atoms with Gasteiger partial charge in [0.15, 0.2) is 0 Å². The van der Waals surface area contributed by atoms with Gasteiger partial charge in [0.25, 0.3) is 0 Å². The monoisotopic (exact) mass is 376 g/mol. The van der Waals surface area contributed by atoms with Gasteiger partial charge in [0.2, 0.25) is 0 Å². The molecule has 5 heteroatoms. The predicted octanol–water partition coefficient (Wildman–Crippen LogP) is 4.54. The van der Waals surface area contributed by atoms with E-state index in [2.05, 4.69) is 28.9 Å². The molecule has 3 rings (SSSR count). The van der Waals surface area contributed by atoms with Crippen molar-refractivity contribution in [3.63, 3.8) is 0 Å². The summed E-state index contributed by atoms with van der Waals surface area (Å²) in [5.41, 5.74) is 0.0542. The molecule has 0 bridgehead atoms.